The van der Waals surface area contributed by atoms with Gasteiger partial charge in [0, 0.05) is 37.2 Å². The van der Waals surface area contributed by atoms with E-state index in [-0.39, 0.29) is 11.3 Å². The van der Waals surface area contributed by atoms with Crippen molar-refractivity contribution in [1.82, 2.24) is 39.2 Å². The van der Waals surface area contributed by atoms with Crippen molar-refractivity contribution in [2.24, 2.45) is 7.05 Å². The van der Waals surface area contributed by atoms with Gasteiger partial charge in [-0.05, 0) is 49.9 Å². The van der Waals surface area contributed by atoms with E-state index in [9.17, 15) is 13.5 Å². The maximum absolute atomic E-state index is 12.5. The monoisotopic (exact) mass is 545 g/mol. The van der Waals surface area contributed by atoms with E-state index in [4.69, 9.17) is 0 Å². The van der Waals surface area contributed by atoms with Crippen LogP contribution in [0, 0.1) is 11.8 Å². The van der Waals surface area contributed by atoms with E-state index in [0.29, 0.717) is 55.3 Å². The average Bonchev–Trinajstić information content (AvgIpc) is 3.53. The van der Waals surface area contributed by atoms with E-state index in [0.717, 1.165) is 20.8 Å². The molecule has 5 heterocycles. The Balaban J connectivity index is 1.27. The Morgan fingerprint density at radius 1 is 1.08 bits per heavy atom. The van der Waals surface area contributed by atoms with Crippen LogP contribution in [0.2, 0.25) is 0 Å². The predicted octanol–water partition coefficient (Wildman–Crippen LogP) is 1.74. The quantitative estimate of drug-likeness (QED) is 0.305. The Kier molecular flexibility index (Phi) is 6.59. The molecule has 1 saturated carbocycles. The highest BCUT2D eigenvalue weighted by atomic mass is 32.2. The highest BCUT2D eigenvalue weighted by Gasteiger charge is 2.37. The SMILES string of the molecule is Cn1cc(C#Cc2cnc(Nc3ccnc(-c4cnn(S(=O)(=O)C5CC5)c4)n3)cc2C2CC(O)CCN2)cn1. The van der Waals surface area contributed by atoms with E-state index in [1.54, 1.807) is 29.3 Å². The molecule has 2 unspecified atom stereocenters. The number of hydrogen-bond acceptors (Lipinski definition) is 10. The number of pyridine rings is 1. The summed E-state index contributed by atoms with van der Waals surface area (Å²) < 4.78 is 27.7. The normalized spacial score (nSPS) is 19.3. The third-order valence-corrected chi connectivity index (χ3v) is 8.71. The first-order chi connectivity index (χ1) is 18.8. The molecule has 0 spiro atoms. The number of hydrogen-bond donors (Lipinski definition) is 3. The van der Waals surface area contributed by atoms with Crippen LogP contribution in [-0.2, 0) is 17.1 Å². The lowest BCUT2D eigenvalue weighted by Gasteiger charge is -2.28. The number of aliphatic hydroxyl groups is 1. The third-order valence-electron chi connectivity index (χ3n) is 6.67. The van der Waals surface area contributed by atoms with Gasteiger partial charge in [0.2, 0.25) is 0 Å². The molecule has 200 valence electrons. The molecule has 2 fully saturated rings. The van der Waals surface area contributed by atoms with Crippen molar-refractivity contribution in [2.75, 3.05) is 11.9 Å². The summed E-state index contributed by atoms with van der Waals surface area (Å²) in [6.07, 6.45) is 11.9. The molecule has 2 aliphatic rings. The smallest absolute Gasteiger partial charge is 0.256 e. The van der Waals surface area contributed by atoms with E-state index < -0.39 is 16.1 Å². The van der Waals surface area contributed by atoms with Crippen LogP contribution < -0.4 is 10.6 Å². The summed E-state index contributed by atoms with van der Waals surface area (Å²) in [5, 5.41) is 24.8. The van der Waals surface area contributed by atoms with Crippen LogP contribution in [0.3, 0.4) is 0 Å². The molecule has 4 aromatic rings. The number of rotatable bonds is 6. The van der Waals surface area contributed by atoms with Gasteiger partial charge in [-0.25, -0.2) is 23.4 Å². The van der Waals surface area contributed by atoms with Gasteiger partial charge in [0.1, 0.15) is 11.6 Å². The molecule has 3 N–H and O–H groups in total. The Morgan fingerprint density at radius 3 is 2.72 bits per heavy atom. The second-order valence-corrected chi connectivity index (χ2v) is 11.8. The molecular formula is C26H27N9O3S. The molecule has 1 saturated heterocycles. The molecule has 0 bridgehead atoms. The molecule has 0 amide bonds. The van der Waals surface area contributed by atoms with E-state index in [1.807, 2.05) is 19.3 Å². The van der Waals surface area contributed by atoms with E-state index >= 15 is 0 Å². The van der Waals surface area contributed by atoms with Crippen LogP contribution >= 0.6 is 0 Å². The molecule has 4 aromatic heterocycles. The van der Waals surface area contributed by atoms with Crippen molar-refractivity contribution >= 4 is 21.7 Å². The summed E-state index contributed by atoms with van der Waals surface area (Å²) in [7, 11) is -1.63. The number of anilines is 2. The summed E-state index contributed by atoms with van der Waals surface area (Å²) >= 11 is 0. The lowest BCUT2D eigenvalue weighted by atomic mass is 9.93. The second-order valence-electron chi connectivity index (χ2n) is 9.73. The Morgan fingerprint density at radius 2 is 1.95 bits per heavy atom. The summed E-state index contributed by atoms with van der Waals surface area (Å²) in [4.78, 5) is 13.4. The fourth-order valence-corrected chi connectivity index (χ4v) is 5.94. The number of piperidine rings is 1. The summed E-state index contributed by atoms with van der Waals surface area (Å²) in [5.74, 6) is 7.72. The molecule has 13 heteroatoms. The number of aliphatic hydroxyl groups excluding tert-OH is 1. The average molecular weight is 546 g/mol. The molecule has 0 aromatic carbocycles. The number of nitrogens with one attached hydrogen (secondary N) is 2. The predicted molar refractivity (Wildman–Crippen MR) is 143 cm³/mol. The Bertz CT molecular complexity index is 1680. The van der Waals surface area contributed by atoms with Crippen molar-refractivity contribution in [1.29, 1.82) is 0 Å². The van der Waals surface area contributed by atoms with Crippen LogP contribution in [0.25, 0.3) is 11.4 Å². The van der Waals surface area contributed by atoms with Crippen molar-refractivity contribution in [3.05, 3.63) is 66.0 Å². The molecule has 6 rings (SSSR count). The van der Waals surface area contributed by atoms with Crippen LogP contribution in [0.1, 0.15) is 48.4 Å². The number of aryl methyl sites for hydroxylation is 1. The minimum Gasteiger partial charge on any atom is -0.393 e. The summed E-state index contributed by atoms with van der Waals surface area (Å²) in [5.41, 5.74) is 2.97. The van der Waals surface area contributed by atoms with Gasteiger partial charge in [0.15, 0.2) is 5.82 Å². The second kappa shape index (κ2) is 10.2. The van der Waals surface area contributed by atoms with Gasteiger partial charge in [-0.1, -0.05) is 11.8 Å². The molecule has 2 atom stereocenters. The van der Waals surface area contributed by atoms with Gasteiger partial charge in [-0.2, -0.15) is 14.3 Å². The number of nitrogens with zero attached hydrogens (tertiary/aromatic N) is 7. The zero-order valence-corrected chi connectivity index (χ0v) is 22.0. The lowest BCUT2D eigenvalue weighted by Crippen LogP contribution is -2.34. The Hall–Kier alpha value is -4.12. The third kappa shape index (κ3) is 5.53. The Labute approximate surface area is 225 Å². The summed E-state index contributed by atoms with van der Waals surface area (Å²) in [6, 6.07) is 3.52. The molecule has 1 aliphatic carbocycles. The first-order valence-electron chi connectivity index (χ1n) is 12.7. The first-order valence-corrected chi connectivity index (χ1v) is 14.2. The van der Waals surface area contributed by atoms with Gasteiger partial charge in [-0.3, -0.25) is 4.68 Å². The zero-order chi connectivity index (χ0) is 27.0. The van der Waals surface area contributed by atoms with Gasteiger partial charge >= 0.3 is 0 Å². The van der Waals surface area contributed by atoms with Crippen LogP contribution in [0.5, 0.6) is 0 Å². The lowest BCUT2D eigenvalue weighted by molar-refractivity contribution is 0.116. The van der Waals surface area contributed by atoms with Crippen LogP contribution in [0.15, 0.2) is 49.3 Å². The van der Waals surface area contributed by atoms with Gasteiger partial charge in [0.25, 0.3) is 10.0 Å². The standard InChI is InChI=1S/C26H27N9O3S/c1-34-15-17(12-30-34)2-3-18-13-29-25(11-22(18)23-10-20(36)6-8-27-23)32-24-7-9-28-26(33-24)19-14-31-35(16-19)39(37,38)21-4-5-21/h7,9,11-16,20-21,23,27,36H,4-6,8,10H2,1H3,(H,28,29,32,33). The maximum atomic E-state index is 12.5. The van der Waals surface area contributed by atoms with Crippen molar-refractivity contribution < 1.29 is 13.5 Å². The largest absolute Gasteiger partial charge is 0.393 e. The van der Waals surface area contributed by atoms with E-state index in [2.05, 4.69) is 47.6 Å². The van der Waals surface area contributed by atoms with Gasteiger partial charge in [-0.15, -0.1) is 0 Å². The molecular weight excluding hydrogens is 518 g/mol. The highest BCUT2D eigenvalue weighted by Crippen LogP contribution is 2.31. The first kappa shape index (κ1) is 25.2. The summed E-state index contributed by atoms with van der Waals surface area (Å²) in [6.45, 7) is 0.700. The fourth-order valence-electron chi connectivity index (χ4n) is 4.47. The molecule has 39 heavy (non-hydrogen) atoms. The van der Waals surface area contributed by atoms with Gasteiger partial charge in [0.05, 0.1) is 41.1 Å². The number of aromatic nitrogens is 7. The zero-order valence-electron chi connectivity index (χ0n) is 21.2. The molecule has 12 nitrogen and oxygen atoms in total. The minimum absolute atomic E-state index is 0.0873. The maximum Gasteiger partial charge on any atom is 0.256 e. The molecule has 1 aliphatic heterocycles. The van der Waals surface area contributed by atoms with Crippen molar-refractivity contribution in [3.63, 3.8) is 0 Å². The van der Waals surface area contributed by atoms with Crippen LogP contribution in [0.4, 0.5) is 11.6 Å². The fraction of sp³-hybridized carbons (Fsp3) is 0.346. The minimum atomic E-state index is -3.47. The van der Waals surface area contributed by atoms with Crippen molar-refractivity contribution in [3.8, 4) is 23.2 Å². The van der Waals surface area contributed by atoms with Gasteiger partial charge < -0.3 is 15.7 Å². The topological polar surface area (TPSA) is 153 Å². The van der Waals surface area contributed by atoms with Crippen molar-refractivity contribution in [2.45, 2.75) is 43.1 Å². The highest BCUT2D eigenvalue weighted by molar-refractivity contribution is 7.90. The van der Waals surface area contributed by atoms with E-state index in [1.165, 1.54) is 12.4 Å². The van der Waals surface area contributed by atoms with Crippen LogP contribution in [-0.4, -0.2) is 65.3 Å². The molecule has 0 radical (unpaired) electrons.